The number of hydrogen-bond acceptors (Lipinski definition) is 3. The summed E-state index contributed by atoms with van der Waals surface area (Å²) >= 11 is 5.21. The second-order valence-corrected chi connectivity index (χ2v) is 6.18. The Hall–Kier alpha value is -0.190. The fourth-order valence-electron chi connectivity index (χ4n) is 1.60. The van der Waals surface area contributed by atoms with Gasteiger partial charge < -0.3 is 10.5 Å². The second-order valence-electron chi connectivity index (χ2n) is 4.48. The minimum absolute atomic E-state index is 0.191. The van der Waals surface area contributed by atoms with Crippen LogP contribution in [0.3, 0.4) is 0 Å². The Balaban J connectivity index is 3.10. The third-order valence-corrected chi connectivity index (χ3v) is 3.49. The van der Waals surface area contributed by atoms with E-state index in [0.717, 1.165) is 21.5 Å². The van der Waals surface area contributed by atoms with Gasteiger partial charge >= 0.3 is 0 Å². The van der Waals surface area contributed by atoms with Crippen molar-refractivity contribution in [2.24, 2.45) is 5.73 Å². The molecule has 0 aromatic heterocycles. The van der Waals surface area contributed by atoms with Crippen LogP contribution in [-0.4, -0.2) is 18.9 Å². The van der Waals surface area contributed by atoms with Crippen molar-refractivity contribution >= 4 is 27.7 Å². The largest absolute Gasteiger partial charge is 0.494 e. The highest BCUT2D eigenvalue weighted by Crippen LogP contribution is 2.36. The number of halogens is 1. The van der Waals surface area contributed by atoms with Gasteiger partial charge in [0.25, 0.3) is 0 Å². The minimum Gasteiger partial charge on any atom is -0.494 e. The maximum Gasteiger partial charge on any atom is 0.146 e. The van der Waals surface area contributed by atoms with Crippen LogP contribution >= 0.6 is 27.7 Å². The lowest BCUT2D eigenvalue weighted by atomic mass is 9.96. The van der Waals surface area contributed by atoms with E-state index >= 15 is 0 Å². The van der Waals surface area contributed by atoms with Crippen molar-refractivity contribution in [2.45, 2.75) is 30.7 Å². The van der Waals surface area contributed by atoms with E-state index in [0.29, 0.717) is 0 Å². The van der Waals surface area contributed by atoms with Gasteiger partial charge in [0.05, 0.1) is 16.5 Å². The summed E-state index contributed by atoms with van der Waals surface area (Å²) in [7, 11) is 1.69. The Labute approximate surface area is 110 Å². The Bertz CT molecular complexity index is 374. The topological polar surface area (TPSA) is 35.2 Å². The van der Waals surface area contributed by atoms with Crippen LogP contribution < -0.4 is 10.5 Å². The first-order valence-electron chi connectivity index (χ1n) is 5.06. The van der Waals surface area contributed by atoms with Crippen molar-refractivity contribution in [3.8, 4) is 5.75 Å². The Morgan fingerprint density at radius 3 is 2.50 bits per heavy atom. The van der Waals surface area contributed by atoms with Crippen LogP contribution in [0.25, 0.3) is 0 Å². The van der Waals surface area contributed by atoms with E-state index in [1.165, 1.54) is 5.56 Å². The molecule has 2 N–H and O–H groups in total. The van der Waals surface area contributed by atoms with Crippen molar-refractivity contribution in [1.82, 2.24) is 0 Å². The Morgan fingerprint density at radius 1 is 1.44 bits per heavy atom. The summed E-state index contributed by atoms with van der Waals surface area (Å²) in [6.07, 6.45) is 2.89. The molecule has 0 aliphatic heterocycles. The number of hydrogen-bond donors (Lipinski definition) is 1. The number of methoxy groups -OCH3 is 1. The molecule has 0 bridgehead atoms. The summed E-state index contributed by atoms with van der Waals surface area (Å²) in [5.74, 6) is 0.895. The average Bonchev–Trinajstić information content (AvgIpc) is 2.14. The zero-order valence-electron chi connectivity index (χ0n) is 10.1. The molecule has 2 nitrogen and oxygen atoms in total. The number of benzene rings is 1. The molecule has 1 rings (SSSR count). The molecule has 0 saturated heterocycles. The number of nitrogens with two attached hydrogens (primary N) is 1. The number of rotatable bonds is 4. The van der Waals surface area contributed by atoms with Crippen LogP contribution in [0, 0.1) is 0 Å². The summed E-state index contributed by atoms with van der Waals surface area (Å²) in [6, 6.07) is 4.22. The normalized spacial score (nSPS) is 11.6. The smallest absolute Gasteiger partial charge is 0.146 e. The summed E-state index contributed by atoms with van der Waals surface area (Å²) in [4.78, 5) is 1.14. The molecule has 0 amide bonds. The van der Waals surface area contributed by atoms with E-state index in [1.54, 1.807) is 18.9 Å². The maximum atomic E-state index is 6.03. The van der Waals surface area contributed by atoms with Crippen LogP contribution in [0.15, 0.2) is 21.5 Å². The lowest BCUT2D eigenvalue weighted by Gasteiger charge is -2.20. The Morgan fingerprint density at radius 2 is 2.06 bits per heavy atom. The molecule has 1 aromatic carbocycles. The van der Waals surface area contributed by atoms with Gasteiger partial charge in [0.15, 0.2) is 0 Å². The molecular weight excluding hydrogens is 286 g/mol. The molecule has 16 heavy (non-hydrogen) atoms. The van der Waals surface area contributed by atoms with Crippen molar-refractivity contribution < 1.29 is 4.74 Å². The summed E-state index contributed by atoms with van der Waals surface area (Å²) in [5, 5.41) is 0. The summed E-state index contributed by atoms with van der Waals surface area (Å²) < 4.78 is 6.34. The highest BCUT2D eigenvalue weighted by molar-refractivity contribution is 9.10. The quantitative estimate of drug-likeness (QED) is 0.865. The van der Waals surface area contributed by atoms with E-state index in [1.807, 2.05) is 20.1 Å². The second kappa shape index (κ2) is 5.43. The van der Waals surface area contributed by atoms with Gasteiger partial charge in [0.1, 0.15) is 5.75 Å². The maximum absolute atomic E-state index is 6.03. The molecule has 0 spiro atoms. The van der Waals surface area contributed by atoms with E-state index in [4.69, 9.17) is 10.5 Å². The molecule has 0 aliphatic rings. The minimum atomic E-state index is -0.191. The lowest BCUT2D eigenvalue weighted by molar-refractivity contribution is 0.401. The van der Waals surface area contributed by atoms with Gasteiger partial charge in [0, 0.05) is 5.54 Å². The van der Waals surface area contributed by atoms with Crippen LogP contribution in [-0.2, 0) is 6.42 Å². The fraction of sp³-hybridized carbons (Fsp3) is 0.500. The molecule has 4 heteroatoms. The van der Waals surface area contributed by atoms with Crippen molar-refractivity contribution in [1.29, 1.82) is 0 Å². The van der Waals surface area contributed by atoms with Gasteiger partial charge in [-0.15, -0.1) is 11.8 Å². The number of ether oxygens (including phenoxy) is 1. The molecule has 0 fully saturated rings. The molecule has 0 unspecified atom stereocenters. The average molecular weight is 304 g/mol. The molecule has 0 aliphatic carbocycles. The van der Waals surface area contributed by atoms with E-state index < -0.39 is 0 Å². The van der Waals surface area contributed by atoms with Gasteiger partial charge in [0.2, 0.25) is 0 Å². The first-order chi connectivity index (χ1) is 7.37. The third-order valence-electron chi connectivity index (χ3n) is 2.15. The summed E-state index contributed by atoms with van der Waals surface area (Å²) in [5.41, 5.74) is 7.06. The monoisotopic (exact) mass is 303 g/mol. The first-order valence-corrected chi connectivity index (χ1v) is 7.08. The van der Waals surface area contributed by atoms with E-state index in [9.17, 15) is 0 Å². The van der Waals surface area contributed by atoms with Crippen molar-refractivity contribution in [2.75, 3.05) is 13.4 Å². The fourth-order valence-corrected chi connectivity index (χ4v) is 3.05. The molecule has 0 atom stereocenters. The van der Waals surface area contributed by atoms with Crippen molar-refractivity contribution in [3.63, 3.8) is 0 Å². The number of thioether (sulfide) groups is 1. The molecule has 90 valence electrons. The zero-order chi connectivity index (χ0) is 12.3. The molecular formula is C12H18BrNOS. The molecule has 0 radical (unpaired) electrons. The highest BCUT2D eigenvalue weighted by Gasteiger charge is 2.15. The first kappa shape index (κ1) is 13.9. The standard InChI is InChI=1S/C12H18BrNOS/c1-12(2,14)7-8-5-9(13)11(15-3)10(6-8)16-4/h5-6H,7,14H2,1-4H3. The predicted octanol–water partition coefficient (Wildman–Crippen LogP) is 3.46. The highest BCUT2D eigenvalue weighted by atomic mass is 79.9. The van der Waals surface area contributed by atoms with Gasteiger partial charge in [-0.1, -0.05) is 0 Å². The van der Waals surface area contributed by atoms with Crippen molar-refractivity contribution in [3.05, 3.63) is 22.2 Å². The molecule has 0 heterocycles. The third kappa shape index (κ3) is 3.68. The lowest BCUT2D eigenvalue weighted by Crippen LogP contribution is -2.34. The van der Waals surface area contributed by atoms with Gasteiger partial charge in [-0.2, -0.15) is 0 Å². The Kier molecular flexibility index (Phi) is 4.71. The molecule has 1 aromatic rings. The van der Waals surface area contributed by atoms with Gasteiger partial charge in [-0.05, 0) is 60.2 Å². The van der Waals surface area contributed by atoms with Crippen LogP contribution in [0.1, 0.15) is 19.4 Å². The van der Waals surface area contributed by atoms with Gasteiger partial charge in [-0.3, -0.25) is 0 Å². The van der Waals surface area contributed by atoms with Gasteiger partial charge in [-0.25, -0.2) is 0 Å². The molecule has 0 saturated carbocycles. The summed E-state index contributed by atoms with van der Waals surface area (Å²) in [6.45, 7) is 4.06. The predicted molar refractivity (Wildman–Crippen MR) is 74.4 cm³/mol. The van der Waals surface area contributed by atoms with Crippen LogP contribution in [0.4, 0.5) is 0 Å². The SMILES string of the molecule is COc1c(Br)cc(CC(C)(C)N)cc1SC. The van der Waals surface area contributed by atoms with E-state index in [-0.39, 0.29) is 5.54 Å². The van der Waals surface area contributed by atoms with Crippen LogP contribution in [0.5, 0.6) is 5.75 Å². The van der Waals surface area contributed by atoms with E-state index in [2.05, 4.69) is 28.1 Å². The zero-order valence-corrected chi connectivity index (χ0v) is 12.5. The van der Waals surface area contributed by atoms with Crippen LogP contribution in [0.2, 0.25) is 0 Å².